The van der Waals surface area contributed by atoms with Gasteiger partial charge in [-0.1, -0.05) is 18.7 Å². The molecule has 0 spiro atoms. The maximum atomic E-state index is 11.3. The molecule has 5 heteroatoms. The van der Waals surface area contributed by atoms with E-state index in [-0.39, 0.29) is 18.1 Å². The average molecular weight is 261 g/mol. The fourth-order valence-electron chi connectivity index (χ4n) is 1.47. The lowest BCUT2D eigenvalue weighted by Gasteiger charge is -2.03. The number of non-ortho nitro benzene ring substituents is 1. The fourth-order valence-corrected chi connectivity index (χ4v) is 1.47. The molecule has 0 N–H and O–H groups in total. The van der Waals surface area contributed by atoms with Crippen LogP contribution >= 0.6 is 0 Å². The number of nitro benzene ring substituents is 1. The average Bonchev–Trinajstić information content (AvgIpc) is 2.38. The van der Waals surface area contributed by atoms with Crippen LogP contribution in [-0.4, -0.2) is 17.5 Å². The highest BCUT2D eigenvalue weighted by atomic mass is 16.6. The minimum atomic E-state index is -0.458. The second-order valence-electron chi connectivity index (χ2n) is 3.75. The Morgan fingerprint density at radius 3 is 2.53 bits per heavy atom. The molecule has 0 bridgehead atoms. The lowest BCUT2D eigenvalue weighted by Crippen LogP contribution is -2.04. The molecule has 1 aromatic rings. The van der Waals surface area contributed by atoms with Crippen LogP contribution in [-0.2, 0) is 9.53 Å². The van der Waals surface area contributed by atoms with Gasteiger partial charge in [-0.25, -0.2) is 0 Å². The molecule has 1 aromatic carbocycles. The van der Waals surface area contributed by atoms with E-state index in [2.05, 4.69) is 6.58 Å². The SMILES string of the molecule is C=C/C(=C/c1ccc([N+](=O)[O-])cc1)CC(=O)OCC. The summed E-state index contributed by atoms with van der Waals surface area (Å²) in [7, 11) is 0. The summed E-state index contributed by atoms with van der Waals surface area (Å²) in [6.07, 6.45) is 3.44. The Morgan fingerprint density at radius 1 is 1.42 bits per heavy atom. The third-order valence-electron chi connectivity index (χ3n) is 2.37. The van der Waals surface area contributed by atoms with Crippen LogP contribution in [0.25, 0.3) is 6.08 Å². The summed E-state index contributed by atoms with van der Waals surface area (Å²) in [5.41, 5.74) is 1.50. The second kappa shape index (κ2) is 7.10. The van der Waals surface area contributed by atoms with Crippen LogP contribution in [0, 0.1) is 10.1 Å². The molecule has 0 amide bonds. The number of hydrogen-bond acceptors (Lipinski definition) is 4. The first-order chi connectivity index (χ1) is 9.06. The molecule has 1 rings (SSSR count). The van der Waals surface area contributed by atoms with Gasteiger partial charge in [0.25, 0.3) is 5.69 Å². The molecule has 0 aromatic heterocycles. The number of hydrogen-bond donors (Lipinski definition) is 0. The number of benzene rings is 1. The fraction of sp³-hybridized carbons (Fsp3) is 0.214. The van der Waals surface area contributed by atoms with Crippen LogP contribution in [0.5, 0.6) is 0 Å². The molecule has 0 saturated heterocycles. The minimum Gasteiger partial charge on any atom is -0.466 e. The Labute approximate surface area is 111 Å². The lowest BCUT2D eigenvalue weighted by atomic mass is 10.1. The number of ether oxygens (including phenoxy) is 1. The van der Waals surface area contributed by atoms with E-state index in [1.165, 1.54) is 12.1 Å². The topological polar surface area (TPSA) is 69.4 Å². The van der Waals surface area contributed by atoms with E-state index in [4.69, 9.17) is 4.74 Å². The number of rotatable bonds is 6. The van der Waals surface area contributed by atoms with Crippen molar-refractivity contribution in [3.8, 4) is 0 Å². The molecule has 0 atom stereocenters. The highest BCUT2D eigenvalue weighted by Gasteiger charge is 2.06. The van der Waals surface area contributed by atoms with Crippen molar-refractivity contribution in [2.24, 2.45) is 0 Å². The smallest absolute Gasteiger partial charge is 0.310 e. The molecule has 0 radical (unpaired) electrons. The summed E-state index contributed by atoms with van der Waals surface area (Å²) in [6, 6.07) is 6.06. The summed E-state index contributed by atoms with van der Waals surface area (Å²) in [5.74, 6) is -0.324. The van der Waals surface area contributed by atoms with Crippen LogP contribution in [0.4, 0.5) is 5.69 Å². The largest absolute Gasteiger partial charge is 0.466 e. The van der Waals surface area contributed by atoms with E-state index in [0.29, 0.717) is 12.2 Å². The molecule has 0 aliphatic carbocycles. The highest BCUT2D eigenvalue weighted by Crippen LogP contribution is 2.16. The molecule has 0 fully saturated rings. The third kappa shape index (κ3) is 4.75. The van der Waals surface area contributed by atoms with Crippen LogP contribution < -0.4 is 0 Å². The highest BCUT2D eigenvalue weighted by molar-refractivity contribution is 5.76. The normalized spacial score (nSPS) is 10.9. The lowest BCUT2D eigenvalue weighted by molar-refractivity contribution is -0.384. The van der Waals surface area contributed by atoms with Gasteiger partial charge in [0, 0.05) is 12.1 Å². The quantitative estimate of drug-likeness (QED) is 0.341. The summed E-state index contributed by atoms with van der Waals surface area (Å²) < 4.78 is 4.85. The van der Waals surface area contributed by atoms with Crippen molar-refractivity contribution < 1.29 is 14.5 Å². The van der Waals surface area contributed by atoms with Crippen LogP contribution in [0.1, 0.15) is 18.9 Å². The van der Waals surface area contributed by atoms with E-state index < -0.39 is 4.92 Å². The van der Waals surface area contributed by atoms with E-state index >= 15 is 0 Å². The van der Waals surface area contributed by atoms with E-state index in [1.54, 1.807) is 31.2 Å². The Balaban J connectivity index is 2.82. The maximum absolute atomic E-state index is 11.3. The molecule has 19 heavy (non-hydrogen) atoms. The molecule has 100 valence electrons. The predicted molar refractivity (Wildman–Crippen MR) is 72.5 cm³/mol. The third-order valence-corrected chi connectivity index (χ3v) is 2.37. The van der Waals surface area contributed by atoms with E-state index in [0.717, 1.165) is 5.56 Å². The molecular weight excluding hydrogens is 246 g/mol. The first-order valence-electron chi connectivity index (χ1n) is 5.80. The first kappa shape index (κ1) is 14.6. The van der Waals surface area contributed by atoms with Gasteiger partial charge in [-0.05, 0) is 30.2 Å². The summed E-state index contributed by atoms with van der Waals surface area (Å²) in [4.78, 5) is 21.4. The summed E-state index contributed by atoms with van der Waals surface area (Å²) in [5, 5.41) is 10.5. The van der Waals surface area contributed by atoms with Crippen molar-refractivity contribution >= 4 is 17.7 Å². The zero-order chi connectivity index (χ0) is 14.3. The Hall–Kier alpha value is -2.43. The molecule has 0 unspecified atom stereocenters. The van der Waals surface area contributed by atoms with Crippen molar-refractivity contribution in [1.29, 1.82) is 0 Å². The zero-order valence-electron chi connectivity index (χ0n) is 10.7. The molecular formula is C14H15NO4. The van der Waals surface area contributed by atoms with E-state index in [1.807, 2.05) is 0 Å². The Bertz CT molecular complexity index is 503. The van der Waals surface area contributed by atoms with Gasteiger partial charge in [0.05, 0.1) is 18.0 Å². The van der Waals surface area contributed by atoms with Crippen molar-refractivity contribution in [2.75, 3.05) is 6.61 Å². The number of esters is 1. The van der Waals surface area contributed by atoms with Crippen molar-refractivity contribution in [3.05, 3.63) is 58.2 Å². The van der Waals surface area contributed by atoms with Gasteiger partial charge >= 0.3 is 5.97 Å². The van der Waals surface area contributed by atoms with Gasteiger partial charge < -0.3 is 4.74 Å². The first-order valence-corrected chi connectivity index (χ1v) is 5.80. The zero-order valence-corrected chi connectivity index (χ0v) is 10.7. The molecule has 0 aliphatic rings. The number of carbonyl (C=O) groups is 1. The van der Waals surface area contributed by atoms with Gasteiger partial charge in [-0.15, -0.1) is 0 Å². The van der Waals surface area contributed by atoms with Crippen LogP contribution in [0.2, 0.25) is 0 Å². The summed E-state index contributed by atoms with van der Waals surface area (Å²) in [6.45, 7) is 5.71. The Morgan fingerprint density at radius 2 is 2.05 bits per heavy atom. The minimum absolute atomic E-state index is 0.0303. The second-order valence-corrected chi connectivity index (χ2v) is 3.75. The van der Waals surface area contributed by atoms with Gasteiger partial charge in [-0.3, -0.25) is 14.9 Å². The molecule has 5 nitrogen and oxygen atoms in total. The van der Waals surface area contributed by atoms with Crippen molar-refractivity contribution in [1.82, 2.24) is 0 Å². The van der Waals surface area contributed by atoms with E-state index in [9.17, 15) is 14.9 Å². The van der Waals surface area contributed by atoms with Crippen molar-refractivity contribution in [3.63, 3.8) is 0 Å². The predicted octanol–water partition coefficient (Wildman–Crippen LogP) is 3.12. The van der Waals surface area contributed by atoms with Gasteiger partial charge in [-0.2, -0.15) is 0 Å². The Kier molecular flexibility index (Phi) is 5.47. The number of carbonyl (C=O) groups excluding carboxylic acids is 1. The monoisotopic (exact) mass is 261 g/mol. The van der Waals surface area contributed by atoms with Crippen molar-refractivity contribution in [2.45, 2.75) is 13.3 Å². The van der Waals surface area contributed by atoms with Crippen LogP contribution in [0.15, 0.2) is 42.5 Å². The molecule has 0 aliphatic heterocycles. The molecule has 0 saturated carbocycles. The summed E-state index contributed by atoms with van der Waals surface area (Å²) >= 11 is 0. The van der Waals surface area contributed by atoms with Gasteiger partial charge in [0.15, 0.2) is 0 Å². The van der Waals surface area contributed by atoms with Crippen LogP contribution in [0.3, 0.4) is 0 Å². The van der Waals surface area contributed by atoms with Gasteiger partial charge in [0.2, 0.25) is 0 Å². The standard InChI is InChI=1S/C14H15NO4/c1-3-11(10-14(16)19-4-2)9-12-5-7-13(8-6-12)15(17)18/h3,5-9H,1,4,10H2,2H3/b11-9-. The number of nitrogens with zero attached hydrogens (tertiary/aromatic N) is 1. The number of allylic oxidation sites excluding steroid dienone is 1. The maximum Gasteiger partial charge on any atom is 0.310 e. The number of nitro groups is 1. The molecule has 0 heterocycles. The van der Waals surface area contributed by atoms with Gasteiger partial charge in [0.1, 0.15) is 0 Å².